The Hall–Kier alpha value is -4.01. The van der Waals surface area contributed by atoms with Gasteiger partial charge in [-0.1, -0.05) is 91.0 Å². The van der Waals surface area contributed by atoms with Crippen LogP contribution in [0.1, 0.15) is 31.9 Å². The first-order chi connectivity index (χ1) is 19.4. The highest BCUT2D eigenvalue weighted by Crippen LogP contribution is 2.22. The molecule has 4 rings (SSSR count). The zero-order valence-corrected chi connectivity index (χ0v) is 24.8. The summed E-state index contributed by atoms with van der Waals surface area (Å²) >= 11 is 0. The lowest BCUT2D eigenvalue weighted by molar-refractivity contribution is -0.141. The molecule has 2 amide bonds. The number of sulfonamides is 1. The average Bonchev–Trinajstić information content (AvgIpc) is 2.94. The Morgan fingerprint density at radius 3 is 1.95 bits per heavy atom. The minimum Gasteiger partial charge on any atom is -0.350 e. The highest BCUT2D eigenvalue weighted by Gasteiger charge is 2.34. The highest BCUT2D eigenvalue weighted by molar-refractivity contribution is 7.89. The summed E-state index contributed by atoms with van der Waals surface area (Å²) in [6.45, 7) is 5.39. The summed E-state index contributed by atoms with van der Waals surface area (Å²) in [5.74, 6) is -0.767. The smallest absolute Gasteiger partial charge is 0.243 e. The van der Waals surface area contributed by atoms with Gasteiger partial charge in [0, 0.05) is 25.6 Å². The topological polar surface area (TPSA) is 86.8 Å². The molecule has 0 aliphatic carbocycles. The van der Waals surface area contributed by atoms with E-state index < -0.39 is 34.1 Å². The van der Waals surface area contributed by atoms with E-state index in [0.717, 1.165) is 26.2 Å². The lowest BCUT2D eigenvalue weighted by Gasteiger charge is -2.34. The molecular weight excluding hydrogens is 534 g/mol. The molecule has 0 saturated carbocycles. The number of nitrogens with zero attached hydrogens (tertiary/aromatic N) is 2. The molecule has 41 heavy (non-hydrogen) atoms. The molecule has 0 saturated heterocycles. The van der Waals surface area contributed by atoms with Gasteiger partial charge in [-0.05, 0) is 54.8 Å². The Morgan fingerprint density at radius 2 is 1.34 bits per heavy atom. The third kappa shape index (κ3) is 7.80. The molecule has 0 radical (unpaired) electrons. The fourth-order valence-corrected chi connectivity index (χ4v) is 5.82. The largest absolute Gasteiger partial charge is 0.350 e. The molecular formula is C33H37N3O4S. The van der Waals surface area contributed by atoms with Crippen molar-refractivity contribution in [3.8, 4) is 0 Å². The first kappa shape index (κ1) is 30.0. The number of benzene rings is 4. The summed E-state index contributed by atoms with van der Waals surface area (Å²) in [4.78, 5) is 29.3. The summed E-state index contributed by atoms with van der Waals surface area (Å²) in [6, 6.07) is 30.5. The van der Waals surface area contributed by atoms with Gasteiger partial charge in [-0.15, -0.1) is 0 Å². The molecule has 0 aromatic heterocycles. The van der Waals surface area contributed by atoms with E-state index in [1.54, 1.807) is 18.2 Å². The van der Waals surface area contributed by atoms with Crippen LogP contribution in [0.2, 0.25) is 0 Å². The molecule has 0 spiro atoms. The van der Waals surface area contributed by atoms with Crippen LogP contribution >= 0.6 is 0 Å². The fraction of sp³-hybridized carbons (Fsp3) is 0.273. The number of likely N-dealkylation sites (N-methyl/N-ethyl adjacent to an activating group) is 1. The van der Waals surface area contributed by atoms with Crippen LogP contribution in [0.25, 0.3) is 10.8 Å². The van der Waals surface area contributed by atoms with Gasteiger partial charge in [0.2, 0.25) is 21.8 Å². The molecule has 0 bridgehead atoms. The van der Waals surface area contributed by atoms with Crippen LogP contribution in [0, 0.1) is 0 Å². The van der Waals surface area contributed by atoms with Crippen molar-refractivity contribution in [3.05, 3.63) is 114 Å². The van der Waals surface area contributed by atoms with Gasteiger partial charge in [0.05, 0.1) is 11.4 Å². The summed E-state index contributed by atoms with van der Waals surface area (Å²) in [5.41, 5.74) is 1.20. The zero-order chi connectivity index (χ0) is 29.6. The van der Waals surface area contributed by atoms with E-state index in [1.807, 2.05) is 106 Å². The second-order valence-corrected chi connectivity index (χ2v) is 13.3. The minimum atomic E-state index is -3.98. The Morgan fingerprint density at radius 1 is 0.780 bits per heavy atom. The Balaban J connectivity index is 1.67. The van der Waals surface area contributed by atoms with Crippen LogP contribution in [0.15, 0.2) is 108 Å². The maximum Gasteiger partial charge on any atom is 0.243 e. The molecule has 7 nitrogen and oxygen atoms in total. The van der Waals surface area contributed by atoms with Crippen molar-refractivity contribution in [3.63, 3.8) is 0 Å². The lowest BCUT2D eigenvalue weighted by atomic mass is 10.0. The van der Waals surface area contributed by atoms with Gasteiger partial charge in [-0.25, -0.2) is 8.42 Å². The van der Waals surface area contributed by atoms with E-state index in [2.05, 4.69) is 5.32 Å². The molecule has 214 valence electrons. The maximum absolute atomic E-state index is 14.0. The molecule has 4 aromatic carbocycles. The van der Waals surface area contributed by atoms with E-state index >= 15 is 0 Å². The van der Waals surface area contributed by atoms with Gasteiger partial charge in [0.1, 0.15) is 6.04 Å². The molecule has 0 unspecified atom stereocenters. The third-order valence-corrected chi connectivity index (χ3v) is 8.55. The van der Waals surface area contributed by atoms with Crippen LogP contribution in [0.4, 0.5) is 0 Å². The molecule has 0 heterocycles. The molecule has 0 aliphatic heterocycles. The lowest BCUT2D eigenvalue weighted by Crippen LogP contribution is -2.56. The molecule has 4 aromatic rings. The van der Waals surface area contributed by atoms with Gasteiger partial charge in [0.25, 0.3) is 0 Å². The molecule has 1 atom stereocenters. The Labute approximate surface area is 242 Å². The van der Waals surface area contributed by atoms with Gasteiger partial charge in [-0.2, -0.15) is 4.31 Å². The normalized spacial score (nSPS) is 12.7. The van der Waals surface area contributed by atoms with E-state index in [1.165, 1.54) is 11.9 Å². The summed E-state index contributed by atoms with van der Waals surface area (Å²) < 4.78 is 28.2. The quantitative estimate of drug-likeness (QED) is 0.290. The van der Waals surface area contributed by atoms with Crippen molar-refractivity contribution in [2.75, 3.05) is 13.6 Å². The average molecular weight is 572 g/mol. The summed E-state index contributed by atoms with van der Waals surface area (Å²) in [5, 5.41) is 4.74. The predicted octanol–water partition coefficient (Wildman–Crippen LogP) is 5.02. The van der Waals surface area contributed by atoms with Crippen molar-refractivity contribution in [1.82, 2.24) is 14.5 Å². The second-order valence-electron chi connectivity index (χ2n) is 11.2. The number of hydrogen-bond acceptors (Lipinski definition) is 4. The van der Waals surface area contributed by atoms with Crippen LogP contribution in [0.3, 0.4) is 0 Å². The van der Waals surface area contributed by atoms with Gasteiger partial charge >= 0.3 is 0 Å². The molecule has 0 aliphatic rings. The number of amides is 2. The number of carbonyl (C=O) groups excluding carboxylic acids is 2. The van der Waals surface area contributed by atoms with Crippen molar-refractivity contribution in [2.45, 2.75) is 50.2 Å². The van der Waals surface area contributed by atoms with Gasteiger partial charge in [0.15, 0.2) is 0 Å². The number of hydrogen-bond donors (Lipinski definition) is 1. The van der Waals surface area contributed by atoms with E-state index in [4.69, 9.17) is 0 Å². The standard InChI is InChI=1S/C33H37N3O4S/c1-33(2,3)34-32(38)30(21-25-13-7-5-8-14-25)36(23-26-15-9-6-10-16-26)31(37)24-35(4)41(39,40)29-20-19-27-17-11-12-18-28(27)22-29/h5-20,22,30H,21,23-24H2,1-4H3,(H,34,38)/t30-/m0/s1. The minimum absolute atomic E-state index is 0.104. The number of carbonyl (C=O) groups is 2. The molecule has 8 heteroatoms. The van der Waals surface area contributed by atoms with Crippen LogP contribution < -0.4 is 5.32 Å². The van der Waals surface area contributed by atoms with E-state index in [0.29, 0.717) is 0 Å². The Kier molecular flexibility index (Phi) is 9.25. The second kappa shape index (κ2) is 12.7. The number of fused-ring (bicyclic) bond motifs is 1. The monoisotopic (exact) mass is 571 g/mol. The fourth-order valence-electron chi connectivity index (χ4n) is 4.66. The van der Waals surface area contributed by atoms with Crippen molar-refractivity contribution >= 4 is 32.6 Å². The summed E-state index contributed by atoms with van der Waals surface area (Å²) in [6.07, 6.45) is 0.280. The summed E-state index contributed by atoms with van der Waals surface area (Å²) in [7, 11) is -2.59. The number of rotatable bonds is 10. The predicted molar refractivity (Wildman–Crippen MR) is 163 cm³/mol. The first-order valence-electron chi connectivity index (χ1n) is 13.6. The third-order valence-electron chi connectivity index (χ3n) is 6.75. The highest BCUT2D eigenvalue weighted by atomic mass is 32.2. The molecule has 1 N–H and O–H groups in total. The van der Waals surface area contributed by atoms with Crippen molar-refractivity contribution in [1.29, 1.82) is 0 Å². The van der Waals surface area contributed by atoms with E-state index in [9.17, 15) is 18.0 Å². The van der Waals surface area contributed by atoms with Crippen molar-refractivity contribution in [2.24, 2.45) is 0 Å². The Bertz CT molecular complexity index is 1600. The zero-order valence-electron chi connectivity index (χ0n) is 23.9. The molecule has 0 fully saturated rings. The number of nitrogens with one attached hydrogen (secondary N) is 1. The van der Waals surface area contributed by atoms with E-state index in [-0.39, 0.29) is 23.8 Å². The van der Waals surface area contributed by atoms with Gasteiger partial charge in [-0.3, -0.25) is 9.59 Å². The maximum atomic E-state index is 14.0. The van der Waals surface area contributed by atoms with Crippen LogP contribution in [0.5, 0.6) is 0 Å². The van der Waals surface area contributed by atoms with Crippen molar-refractivity contribution < 1.29 is 18.0 Å². The van der Waals surface area contributed by atoms with Gasteiger partial charge < -0.3 is 10.2 Å². The SMILES string of the molecule is CN(CC(=O)N(Cc1ccccc1)[C@@H](Cc1ccccc1)C(=O)NC(C)(C)C)S(=O)(=O)c1ccc2ccccc2c1. The van der Waals surface area contributed by atoms with Crippen LogP contribution in [-0.2, 0) is 32.6 Å². The van der Waals surface area contributed by atoms with Crippen LogP contribution in [-0.4, -0.2) is 54.6 Å². The first-order valence-corrected chi connectivity index (χ1v) is 15.0.